The van der Waals surface area contributed by atoms with Crippen LogP contribution >= 0.6 is 23.2 Å². The summed E-state index contributed by atoms with van der Waals surface area (Å²) in [6, 6.07) is 14.5. The van der Waals surface area contributed by atoms with Gasteiger partial charge < -0.3 is 24.3 Å². The summed E-state index contributed by atoms with van der Waals surface area (Å²) in [7, 11) is 4.74. The van der Waals surface area contributed by atoms with Crippen LogP contribution in [-0.4, -0.2) is 31.3 Å². The molecular weight excluding hydrogens is 465 g/mol. The van der Waals surface area contributed by atoms with E-state index in [1.807, 2.05) is 18.2 Å². The molecule has 0 radical (unpaired) electrons. The molecule has 33 heavy (non-hydrogen) atoms. The molecule has 1 aromatic heterocycles. The number of rotatable bonds is 8. The zero-order valence-electron chi connectivity index (χ0n) is 18.2. The van der Waals surface area contributed by atoms with Crippen LogP contribution in [0.2, 0.25) is 10.0 Å². The highest BCUT2D eigenvalue weighted by molar-refractivity contribution is 6.35. The fraction of sp³-hybridized carbons (Fsp3) is 0.167. The van der Waals surface area contributed by atoms with Gasteiger partial charge in [0, 0.05) is 38.8 Å². The van der Waals surface area contributed by atoms with E-state index >= 15 is 0 Å². The largest absolute Gasteiger partial charge is 0.493 e. The molecule has 4 rings (SSSR count). The first kappa shape index (κ1) is 22.8. The van der Waals surface area contributed by atoms with Crippen LogP contribution in [0.15, 0.2) is 54.9 Å². The monoisotopic (exact) mass is 485 g/mol. The van der Waals surface area contributed by atoms with Gasteiger partial charge in [0.05, 0.1) is 26.8 Å². The van der Waals surface area contributed by atoms with Gasteiger partial charge in [0.25, 0.3) is 0 Å². The van der Waals surface area contributed by atoms with Gasteiger partial charge in [-0.2, -0.15) is 0 Å². The molecule has 0 fully saturated rings. The van der Waals surface area contributed by atoms with Crippen molar-refractivity contribution in [3.8, 4) is 23.0 Å². The summed E-state index contributed by atoms with van der Waals surface area (Å²) in [6.07, 6.45) is 1.48. The Morgan fingerprint density at radius 2 is 1.45 bits per heavy atom. The number of ether oxygens (including phenoxy) is 4. The van der Waals surface area contributed by atoms with Crippen molar-refractivity contribution in [2.24, 2.45) is 0 Å². The highest BCUT2D eigenvalue weighted by Crippen LogP contribution is 2.36. The molecule has 1 heterocycles. The van der Waals surface area contributed by atoms with E-state index in [4.69, 9.17) is 42.1 Å². The number of halogens is 2. The van der Waals surface area contributed by atoms with Gasteiger partial charge in [0.15, 0.2) is 23.0 Å². The number of hydrogen-bond donors (Lipinski definition) is 1. The van der Waals surface area contributed by atoms with Gasteiger partial charge in [0.1, 0.15) is 18.8 Å². The lowest BCUT2D eigenvalue weighted by Crippen LogP contribution is -2.01. The molecule has 3 aromatic carbocycles. The van der Waals surface area contributed by atoms with Crippen molar-refractivity contribution < 1.29 is 18.9 Å². The number of aromatic nitrogens is 2. The number of nitrogens with zero attached hydrogens (tertiary/aromatic N) is 2. The maximum atomic E-state index is 6.24. The first-order valence-corrected chi connectivity index (χ1v) is 10.7. The molecule has 1 N–H and O–H groups in total. The molecule has 7 nitrogen and oxygen atoms in total. The average Bonchev–Trinajstić information content (AvgIpc) is 2.83. The Bertz CT molecular complexity index is 1280. The van der Waals surface area contributed by atoms with Gasteiger partial charge >= 0.3 is 0 Å². The summed E-state index contributed by atoms with van der Waals surface area (Å²) in [6.45, 7) is 0.208. The fourth-order valence-electron chi connectivity index (χ4n) is 3.30. The summed E-state index contributed by atoms with van der Waals surface area (Å²) < 4.78 is 22.2. The quantitative estimate of drug-likeness (QED) is 0.314. The van der Waals surface area contributed by atoms with Crippen LogP contribution in [0.3, 0.4) is 0 Å². The van der Waals surface area contributed by atoms with Crippen LogP contribution in [0, 0.1) is 0 Å². The molecule has 9 heteroatoms. The first-order chi connectivity index (χ1) is 16.0. The van der Waals surface area contributed by atoms with E-state index in [9.17, 15) is 0 Å². The number of methoxy groups -OCH3 is 3. The van der Waals surface area contributed by atoms with E-state index in [0.717, 1.165) is 11.1 Å². The van der Waals surface area contributed by atoms with Gasteiger partial charge in [-0.05, 0) is 30.3 Å². The van der Waals surface area contributed by atoms with Crippen LogP contribution < -0.4 is 24.3 Å². The van der Waals surface area contributed by atoms with Crippen LogP contribution in [0.4, 0.5) is 11.5 Å². The van der Waals surface area contributed by atoms with Crippen molar-refractivity contribution in [1.82, 2.24) is 9.97 Å². The van der Waals surface area contributed by atoms with E-state index in [2.05, 4.69) is 15.3 Å². The molecule has 0 aliphatic heterocycles. The van der Waals surface area contributed by atoms with Gasteiger partial charge in [0.2, 0.25) is 0 Å². The van der Waals surface area contributed by atoms with Crippen LogP contribution in [-0.2, 0) is 6.61 Å². The predicted molar refractivity (Wildman–Crippen MR) is 130 cm³/mol. The van der Waals surface area contributed by atoms with E-state index in [1.54, 1.807) is 51.7 Å². The molecule has 0 aliphatic rings. The maximum Gasteiger partial charge on any atom is 0.162 e. The number of benzene rings is 3. The first-order valence-electron chi connectivity index (χ1n) is 9.91. The predicted octanol–water partition coefficient (Wildman–Crippen LogP) is 6.29. The second-order valence-corrected chi connectivity index (χ2v) is 7.74. The minimum absolute atomic E-state index is 0.208. The second kappa shape index (κ2) is 10.0. The van der Waals surface area contributed by atoms with Gasteiger partial charge in [-0.25, -0.2) is 9.97 Å². The summed E-state index contributed by atoms with van der Waals surface area (Å²) in [4.78, 5) is 8.72. The van der Waals surface area contributed by atoms with Crippen LogP contribution in [0.1, 0.15) is 5.56 Å². The maximum absolute atomic E-state index is 6.24. The topological polar surface area (TPSA) is 74.7 Å². The molecule has 0 atom stereocenters. The SMILES string of the molecule is COc1cc2ncnc(Nc3ccc(OCc4c(Cl)cccc4Cl)c(OC)c3)c2cc1OC. The number of fused-ring (bicyclic) bond motifs is 1. The summed E-state index contributed by atoms with van der Waals surface area (Å²) in [5.74, 6) is 2.89. The third-order valence-electron chi connectivity index (χ3n) is 5.00. The normalized spacial score (nSPS) is 10.7. The number of nitrogens with one attached hydrogen (secondary N) is 1. The van der Waals surface area contributed by atoms with Crippen molar-refractivity contribution in [1.29, 1.82) is 0 Å². The van der Waals surface area contributed by atoms with E-state index in [-0.39, 0.29) is 6.61 Å². The molecule has 0 unspecified atom stereocenters. The number of hydrogen-bond acceptors (Lipinski definition) is 7. The highest BCUT2D eigenvalue weighted by atomic mass is 35.5. The zero-order chi connectivity index (χ0) is 23.4. The Morgan fingerprint density at radius 1 is 0.788 bits per heavy atom. The Morgan fingerprint density at radius 3 is 2.15 bits per heavy atom. The molecule has 0 saturated heterocycles. The Kier molecular flexibility index (Phi) is 6.91. The minimum atomic E-state index is 0.208. The molecule has 0 saturated carbocycles. The second-order valence-electron chi connectivity index (χ2n) is 6.93. The molecular formula is C24H21Cl2N3O4. The van der Waals surface area contributed by atoms with Gasteiger partial charge in [-0.3, -0.25) is 0 Å². The molecule has 4 aromatic rings. The van der Waals surface area contributed by atoms with Crippen molar-refractivity contribution in [2.75, 3.05) is 26.6 Å². The fourth-order valence-corrected chi connectivity index (χ4v) is 3.81. The third-order valence-corrected chi connectivity index (χ3v) is 5.71. The van der Waals surface area contributed by atoms with Crippen LogP contribution in [0.25, 0.3) is 10.9 Å². The van der Waals surface area contributed by atoms with E-state index in [1.165, 1.54) is 6.33 Å². The van der Waals surface area contributed by atoms with Gasteiger partial charge in [-0.15, -0.1) is 0 Å². The molecule has 0 spiro atoms. The lowest BCUT2D eigenvalue weighted by molar-refractivity contribution is 0.285. The van der Waals surface area contributed by atoms with Crippen LogP contribution in [0.5, 0.6) is 23.0 Å². The average molecular weight is 486 g/mol. The zero-order valence-corrected chi connectivity index (χ0v) is 19.7. The molecule has 0 amide bonds. The van der Waals surface area contributed by atoms with Crippen molar-refractivity contribution in [3.63, 3.8) is 0 Å². The number of anilines is 2. The van der Waals surface area contributed by atoms with E-state index in [0.29, 0.717) is 49.9 Å². The van der Waals surface area contributed by atoms with E-state index < -0.39 is 0 Å². The lowest BCUT2D eigenvalue weighted by atomic mass is 10.2. The molecule has 0 bridgehead atoms. The van der Waals surface area contributed by atoms with Crippen molar-refractivity contribution >= 4 is 45.6 Å². The molecule has 170 valence electrons. The smallest absolute Gasteiger partial charge is 0.162 e. The highest BCUT2D eigenvalue weighted by Gasteiger charge is 2.13. The van der Waals surface area contributed by atoms with Crippen molar-refractivity contribution in [2.45, 2.75) is 6.61 Å². The standard InChI is InChI=1S/C24H21Cl2N3O4/c1-30-21-9-14(7-8-20(21)33-12-16-17(25)5-4-6-18(16)26)29-24-15-10-22(31-2)23(32-3)11-19(15)27-13-28-24/h4-11,13H,12H2,1-3H3,(H,27,28,29). The Balaban J connectivity index is 1.60. The molecule has 0 aliphatic carbocycles. The van der Waals surface area contributed by atoms with Gasteiger partial charge in [-0.1, -0.05) is 29.3 Å². The minimum Gasteiger partial charge on any atom is -0.493 e. The Labute approximate surface area is 201 Å². The lowest BCUT2D eigenvalue weighted by Gasteiger charge is -2.15. The summed E-state index contributed by atoms with van der Waals surface area (Å²) >= 11 is 12.5. The van der Waals surface area contributed by atoms with Crippen molar-refractivity contribution in [3.05, 3.63) is 70.5 Å². The Hall–Kier alpha value is -3.42. The third kappa shape index (κ3) is 4.84. The summed E-state index contributed by atoms with van der Waals surface area (Å²) in [5.41, 5.74) is 2.18. The summed E-state index contributed by atoms with van der Waals surface area (Å²) in [5, 5.41) is 5.17.